The lowest BCUT2D eigenvalue weighted by Gasteiger charge is -2.11. The fourth-order valence-corrected chi connectivity index (χ4v) is 1.93. The molecule has 0 radical (unpaired) electrons. The second-order valence-corrected chi connectivity index (χ2v) is 4.04. The molecular weight excluding hydrogens is 226 g/mol. The first kappa shape index (κ1) is 11.2. The van der Waals surface area contributed by atoms with Crippen LogP contribution in [0.2, 0.25) is 5.02 Å². The zero-order valence-electron chi connectivity index (χ0n) is 9.26. The Morgan fingerprint density at radius 3 is 2.88 bits per heavy atom. The summed E-state index contributed by atoms with van der Waals surface area (Å²) in [6.45, 7) is 2.74. The molecule has 0 fully saturated rings. The van der Waals surface area contributed by atoms with Gasteiger partial charge in [0.05, 0.1) is 35.0 Å². The molecule has 1 atom stereocenters. The van der Waals surface area contributed by atoms with Crippen LogP contribution in [0.1, 0.15) is 24.4 Å². The van der Waals surface area contributed by atoms with Gasteiger partial charge >= 0.3 is 0 Å². The molecule has 16 heavy (non-hydrogen) atoms. The van der Waals surface area contributed by atoms with Crippen LogP contribution in [0.5, 0.6) is 0 Å². The fraction of sp³-hybridized carbons (Fsp3) is 0.400. The van der Waals surface area contributed by atoms with Crippen LogP contribution in [0.3, 0.4) is 0 Å². The summed E-state index contributed by atoms with van der Waals surface area (Å²) in [6, 6.07) is -0.337. The summed E-state index contributed by atoms with van der Waals surface area (Å²) < 4.78 is 3.65. The molecule has 0 aliphatic carbocycles. The molecular formula is C10H14ClN5. The highest BCUT2D eigenvalue weighted by Crippen LogP contribution is 2.25. The van der Waals surface area contributed by atoms with E-state index in [0.717, 1.165) is 17.9 Å². The minimum Gasteiger partial charge on any atom is -0.340 e. The predicted molar refractivity (Wildman–Crippen MR) is 62.1 cm³/mol. The number of aryl methyl sites for hydroxylation is 2. The first-order valence-electron chi connectivity index (χ1n) is 5.08. The lowest BCUT2D eigenvalue weighted by molar-refractivity contribution is 0.597. The van der Waals surface area contributed by atoms with Gasteiger partial charge in [0.1, 0.15) is 0 Å². The molecule has 0 bridgehead atoms. The number of hydrogen-bond donors (Lipinski definition) is 1. The van der Waals surface area contributed by atoms with E-state index in [0.29, 0.717) is 5.02 Å². The molecule has 1 unspecified atom stereocenters. The van der Waals surface area contributed by atoms with E-state index >= 15 is 0 Å². The van der Waals surface area contributed by atoms with Gasteiger partial charge in [0.2, 0.25) is 0 Å². The molecule has 0 saturated carbocycles. The molecule has 0 amide bonds. The quantitative estimate of drug-likeness (QED) is 0.879. The topological polar surface area (TPSA) is 61.7 Å². The Bertz CT molecular complexity index is 487. The zero-order chi connectivity index (χ0) is 11.7. The lowest BCUT2D eigenvalue weighted by Crippen LogP contribution is -2.18. The largest absolute Gasteiger partial charge is 0.340 e. The molecule has 86 valence electrons. The van der Waals surface area contributed by atoms with E-state index in [-0.39, 0.29) is 6.04 Å². The number of halogens is 1. The van der Waals surface area contributed by atoms with Gasteiger partial charge in [0.15, 0.2) is 0 Å². The maximum Gasteiger partial charge on any atom is 0.0947 e. The highest BCUT2D eigenvalue weighted by Gasteiger charge is 2.19. The third kappa shape index (κ3) is 1.83. The maximum atomic E-state index is 6.13. The molecule has 5 nitrogen and oxygen atoms in total. The average Bonchev–Trinajstić information content (AvgIpc) is 2.83. The summed E-state index contributed by atoms with van der Waals surface area (Å²) in [5.41, 5.74) is 7.73. The monoisotopic (exact) mass is 239 g/mol. The molecule has 0 aliphatic heterocycles. The van der Waals surface area contributed by atoms with Crippen LogP contribution >= 0.6 is 11.6 Å². The minimum absolute atomic E-state index is 0.337. The molecule has 6 heteroatoms. The van der Waals surface area contributed by atoms with Crippen molar-refractivity contribution in [1.82, 2.24) is 19.3 Å². The number of nitrogens with two attached hydrogens (primary N) is 1. The number of nitrogens with zero attached hydrogens (tertiary/aromatic N) is 4. The highest BCUT2D eigenvalue weighted by molar-refractivity contribution is 6.31. The number of hydrogen-bond acceptors (Lipinski definition) is 3. The summed E-state index contributed by atoms with van der Waals surface area (Å²) >= 11 is 6.08. The molecule has 0 aromatic carbocycles. The Morgan fingerprint density at radius 1 is 1.56 bits per heavy atom. The number of aromatic nitrogens is 4. The maximum absolute atomic E-state index is 6.13. The van der Waals surface area contributed by atoms with E-state index in [1.54, 1.807) is 17.2 Å². The number of rotatable bonds is 3. The van der Waals surface area contributed by atoms with Gasteiger partial charge in [0, 0.05) is 19.8 Å². The molecule has 0 spiro atoms. The standard InChI is InChI=1S/C10H14ClN5/c1-3-16-10(7(11)4-14-16)9(12)8-5-15(2)6-13-8/h4-6,9H,3,12H2,1-2H3. The summed E-state index contributed by atoms with van der Waals surface area (Å²) in [5.74, 6) is 0. The van der Waals surface area contributed by atoms with Crippen molar-refractivity contribution in [2.45, 2.75) is 19.5 Å². The predicted octanol–water partition coefficient (Wildman–Crippen LogP) is 1.34. The minimum atomic E-state index is -0.337. The summed E-state index contributed by atoms with van der Waals surface area (Å²) in [6.07, 6.45) is 5.22. The molecule has 2 aromatic heterocycles. The van der Waals surface area contributed by atoms with Gasteiger partial charge in [-0.25, -0.2) is 4.98 Å². The molecule has 0 saturated heterocycles. The molecule has 2 heterocycles. The first-order valence-corrected chi connectivity index (χ1v) is 5.46. The van der Waals surface area contributed by atoms with Crippen LogP contribution in [-0.2, 0) is 13.6 Å². The van der Waals surface area contributed by atoms with E-state index in [9.17, 15) is 0 Å². The third-order valence-corrected chi connectivity index (χ3v) is 2.76. The van der Waals surface area contributed by atoms with Gasteiger partial charge in [-0.3, -0.25) is 4.68 Å². The molecule has 2 N–H and O–H groups in total. The smallest absolute Gasteiger partial charge is 0.0947 e. The SMILES string of the molecule is CCn1ncc(Cl)c1C(N)c1cn(C)cn1. The zero-order valence-corrected chi connectivity index (χ0v) is 10.0. The molecule has 2 rings (SSSR count). The third-order valence-electron chi connectivity index (χ3n) is 2.47. The molecule has 2 aromatic rings. The summed E-state index contributed by atoms with van der Waals surface area (Å²) in [7, 11) is 1.90. The van der Waals surface area contributed by atoms with Crippen LogP contribution in [0.4, 0.5) is 0 Å². The van der Waals surface area contributed by atoms with Crippen molar-refractivity contribution in [3.05, 3.63) is 35.1 Å². The van der Waals surface area contributed by atoms with Crippen LogP contribution in [0.15, 0.2) is 18.7 Å². The van der Waals surface area contributed by atoms with E-state index in [1.807, 2.05) is 24.7 Å². The van der Waals surface area contributed by atoms with Crippen molar-refractivity contribution in [2.75, 3.05) is 0 Å². The average molecular weight is 240 g/mol. The van der Waals surface area contributed by atoms with Gasteiger partial charge in [-0.2, -0.15) is 5.10 Å². The Hall–Kier alpha value is -1.33. The van der Waals surface area contributed by atoms with Gasteiger partial charge in [-0.05, 0) is 6.92 Å². The molecule has 0 aliphatic rings. The van der Waals surface area contributed by atoms with Crippen molar-refractivity contribution in [3.8, 4) is 0 Å². The van der Waals surface area contributed by atoms with Crippen LogP contribution in [0.25, 0.3) is 0 Å². The van der Waals surface area contributed by atoms with Gasteiger partial charge < -0.3 is 10.3 Å². The van der Waals surface area contributed by atoms with Gasteiger partial charge in [-0.15, -0.1) is 0 Å². The summed E-state index contributed by atoms with van der Waals surface area (Å²) in [5, 5.41) is 4.74. The second-order valence-electron chi connectivity index (χ2n) is 3.64. The van der Waals surface area contributed by atoms with E-state index in [1.165, 1.54) is 0 Å². The number of imidazole rings is 1. The van der Waals surface area contributed by atoms with E-state index < -0.39 is 0 Å². The highest BCUT2D eigenvalue weighted by atomic mass is 35.5. The van der Waals surface area contributed by atoms with Gasteiger partial charge in [0.25, 0.3) is 0 Å². The van der Waals surface area contributed by atoms with E-state index in [4.69, 9.17) is 17.3 Å². The van der Waals surface area contributed by atoms with Crippen LogP contribution < -0.4 is 5.73 Å². The Balaban J connectivity index is 2.40. The normalized spacial score (nSPS) is 13.0. The van der Waals surface area contributed by atoms with Crippen molar-refractivity contribution < 1.29 is 0 Å². The van der Waals surface area contributed by atoms with Crippen LogP contribution in [0, 0.1) is 0 Å². The Morgan fingerprint density at radius 2 is 2.31 bits per heavy atom. The lowest BCUT2D eigenvalue weighted by atomic mass is 10.1. The van der Waals surface area contributed by atoms with Crippen molar-refractivity contribution in [3.63, 3.8) is 0 Å². The van der Waals surface area contributed by atoms with Gasteiger partial charge in [-0.1, -0.05) is 11.6 Å². The second kappa shape index (κ2) is 4.27. The Kier molecular flexibility index (Phi) is 2.98. The summed E-state index contributed by atoms with van der Waals surface area (Å²) in [4.78, 5) is 4.23. The van der Waals surface area contributed by atoms with Crippen molar-refractivity contribution >= 4 is 11.6 Å². The van der Waals surface area contributed by atoms with Crippen LogP contribution in [-0.4, -0.2) is 19.3 Å². The van der Waals surface area contributed by atoms with Crippen molar-refractivity contribution in [2.24, 2.45) is 12.8 Å². The Labute approximate surface area is 98.8 Å². The van der Waals surface area contributed by atoms with Crippen molar-refractivity contribution in [1.29, 1.82) is 0 Å². The van der Waals surface area contributed by atoms with E-state index in [2.05, 4.69) is 10.1 Å². The fourth-order valence-electron chi connectivity index (χ4n) is 1.67. The first-order chi connectivity index (χ1) is 7.63.